The first-order valence-corrected chi connectivity index (χ1v) is 9.34. The Hall–Kier alpha value is -0.820. The summed E-state index contributed by atoms with van der Waals surface area (Å²) in [7, 11) is 4.20. The number of nitrogens with one attached hydrogen (secondary N) is 2. The van der Waals surface area contributed by atoms with Crippen LogP contribution in [0.2, 0.25) is 0 Å². The molecule has 0 aliphatic heterocycles. The number of rotatable bonds is 6. The number of benzene rings is 1. The second kappa shape index (κ2) is 11.7. The summed E-state index contributed by atoms with van der Waals surface area (Å²) >= 11 is 0. The van der Waals surface area contributed by atoms with Gasteiger partial charge in [0.15, 0.2) is 5.96 Å². The molecule has 2 rings (SSSR count). The van der Waals surface area contributed by atoms with Crippen molar-refractivity contribution in [3.8, 4) is 0 Å². The van der Waals surface area contributed by atoms with Gasteiger partial charge in [-0.25, -0.2) is 4.99 Å². The van der Waals surface area contributed by atoms with Crippen LogP contribution in [0.4, 0.5) is 0 Å². The van der Waals surface area contributed by atoms with Gasteiger partial charge in [-0.15, -0.1) is 24.0 Å². The van der Waals surface area contributed by atoms with Crippen LogP contribution in [-0.4, -0.2) is 37.5 Å². The van der Waals surface area contributed by atoms with Gasteiger partial charge in [0.1, 0.15) is 0 Å². The highest BCUT2D eigenvalue weighted by Gasteiger charge is 2.18. The number of halogens is 1. The Kier molecular flexibility index (Phi) is 10.4. The Morgan fingerprint density at radius 2 is 1.84 bits per heavy atom. The molecule has 0 heterocycles. The Morgan fingerprint density at radius 1 is 1.16 bits per heavy atom. The summed E-state index contributed by atoms with van der Waals surface area (Å²) < 4.78 is 0. The first-order valence-electron chi connectivity index (χ1n) is 9.34. The van der Waals surface area contributed by atoms with E-state index in [1.54, 1.807) is 0 Å². The molecule has 0 saturated heterocycles. The zero-order valence-corrected chi connectivity index (χ0v) is 18.5. The zero-order valence-electron chi connectivity index (χ0n) is 16.2. The molecule has 1 saturated carbocycles. The van der Waals surface area contributed by atoms with Crippen molar-refractivity contribution in [3.05, 3.63) is 35.4 Å². The van der Waals surface area contributed by atoms with Gasteiger partial charge in [-0.3, -0.25) is 0 Å². The summed E-state index contributed by atoms with van der Waals surface area (Å²) in [5.41, 5.74) is 2.61. The van der Waals surface area contributed by atoms with Crippen LogP contribution in [0.1, 0.15) is 50.7 Å². The van der Waals surface area contributed by atoms with Gasteiger partial charge in [0, 0.05) is 19.1 Å². The van der Waals surface area contributed by atoms with Gasteiger partial charge in [0.25, 0.3) is 0 Å². The molecule has 1 aromatic rings. The minimum atomic E-state index is 0. The molecule has 0 bridgehead atoms. The molecule has 1 aliphatic rings. The average Bonchev–Trinajstić information content (AvgIpc) is 2.55. The van der Waals surface area contributed by atoms with E-state index in [0.29, 0.717) is 6.04 Å². The number of hydrogen-bond acceptors (Lipinski definition) is 2. The fraction of sp³-hybridized carbons (Fsp3) is 0.650. The highest BCUT2D eigenvalue weighted by atomic mass is 127. The molecule has 0 radical (unpaired) electrons. The lowest BCUT2D eigenvalue weighted by molar-refractivity contribution is 0.329. The van der Waals surface area contributed by atoms with Gasteiger partial charge in [0.05, 0.1) is 6.54 Å². The minimum Gasteiger partial charge on any atom is -0.357 e. The normalized spacial score (nSPS) is 20.9. The molecule has 1 aromatic carbocycles. The molecule has 142 valence electrons. The lowest BCUT2D eigenvalue weighted by Gasteiger charge is -2.28. The monoisotopic (exact) mass is 458 g/mol. The van der Waals surface area contributed by atoms with Crippen LogP contribution in [0.5, 0.6) is 0 Å². The van der Waals surface area contributed by atoms with Crippen molar-refractivity contribution in [3.63, 3.8) is 0 Å². The number of nitrogens with zero attached hydrogens (tertiary/aromatic N) is 2. The molecule has 0 aromatic heterocycles. The maximum absolute atomic E-state index is 4.80. The molecule has 4 nitrogen and oxygen atoms in total. The molecule has 2 N–H and O–H groups in total. The Balaban J connectivity index is 0.00000312. The fourth-order valence-electron chi connectivity index (χ4n) is 3.28. The van der Waals surface area contributed by atoms with Crippen molar-refractivity contribution >= 4 is 29.9 Å². The van der Waals surface area contributed by atoms with Crippen molar-refractivity contribution in [2.24, 2.45) is 10.9 Å². The standard InChI is InChI=1S/C20H34N4.HI/c1-5-21-20(23-19-11-9-16(2)10-12-19)22-14-17-7-6-8-18(13-17)15-24(3)4;/h6-8,13,16,19H,5,9-12,14-15H2,1-4H3,(H2,21,22,23);1H. The molecule has 25 heavy (non-hydrogen) atoms. The zero-order chi connectivity index (χ0) is 17.4. The SMILES string of the molecule is CCNC(=NCc1cccc(CN(C)C)c1)NC1CCC(C)CC1.I. The van der Waals surface area contributed by atoms with E-state index in [1.807, 2.05) is 0 Å². The summed E-state index contributed by atoms with van der Waals surface area (Å²) in [5.74, 6) is 1.83. The second-order valence-electron chi connectivity index (χ2n) is 7.35. The molecule has 0 amide bonds. The first-order chi connectivity index (χ1) is 11.6. The van der Waals surface area contributed by atoms with Crippen LogP contribution in [0, 0.1) is 5.92 Å². The fourth-order valence-corrected chi connectivity index (χ4v) is 3.28. The molecule has 0 spiro atoms. The van der Waals surface area contributed by atoms with Gasteiger partial charge in [-0.1, -0.05) is 31.2 Å². The van der Waals surface area contributed by atoms with Crippen molar-refractivity contribution in [2.75, 3.05) is 20.6 Å². The highest BCUT2D eigenvalue weighted by Crippen LogP contribution is 2.23. The van der Waals surface area contributed by atoms with Gasteiger partial charge in [0.2, 0.25) is 0 Å². The topological polar surface area (TPSA) is 39.7 Å². The predicted octanol–water partition coefficient (Wildman–Crippen LogP) is 4.00. The lowest BCUT2D eigenvalue weighted by Crippen LogP contribution is -2.44. The van der Waals surface area contributed by atoms with Gasteiger partial charge in [-0.2, -0.15) is 0 Å². The first kappa shape index (κ1) is 22.2. The van der Waals surface area contributed by atoms with Crippen LogP contribution in [0.15, 0.2) is 29.3 Å². The number of aliphatic imine (C=N–C) groups is 1. The van der Waals surface area contributed by atoms with Crippen molar-refractivity contribution in [1.82, 2.24) is 15.5 Å². The van der Waals surface area contributed by atoms with Crippen LogP contribution >= 0.6 is 24.0 Å². The van der Waals surface area contributed by atoms with Crippen molar-refractivity contribution < 1.29 is 0 Å². The van der Waals surface area contributed by atoms with Crippen LogP contribution in [0.3, 0.4) is 0 Å². The van der Waals surface area contributed by atoms with Gasteiger partial charge in [-0.05, 0) is 63.7 Å². The minimum absolute atomic E-state index is 0. The van der Waals surface area contributed by atoms with E-state index in [9.17, 15) is 0 Å². The third-order valence-corrected chi connectivity index (χ3v) is 4.61. The van der Waals surface area contributed by atoms with E-state index in [2.05, 4.69) is 67.7 Å². The molecule has 0 unspecified atom stereocenters. The predicted molar refractivity (Wildman–Crippen MR) is 119 cm³/mol. The van der Waals surface area contributed by atoms with E-state index < -0.39 is 0 Å². The Labute approximate surface area is 170 Å². The molecule has 0 atom stereocenters. The van der Waals surface area contributed by atoms with E-state index in [1.165, 1.54) is 36.8 Å². The van der Waals surface area contributed by atoms with Crippen LogP contribution in [0.25, 0.3) is 0 Å². The van der Waals surface area contributed by atoms with Crippen LogP contribution in [-0.2, 0) is 13.1 Å². The summed E-state index contributed by atoms with van der Waals surface area (Å²) in [5, 5.41) is 7.01. The molecular weight excluding hydrogens is 423 g/mol. The summed E-state index contributed by atoms with van der Waals surface area (Å²) in [4.78, 5) is 6.99. The van der Waals surface area contributed by atoms with E-state index in [4.69, 9.17) is 4.99 Å². The quantitative estimate of drug-likeness (QED) is 0.385. The number of guanidine groups is 1. The third kappa shape index (κ3) is 8.40. The molecular formula is C20H35IN4. The third-order valence-electron chi connectivity index (χ3n) is 4.61. The average molecular weight is 458 g/mol. The highest BCUT2D eigenvalue weighted by molar-refractivity contribution is 14.0. The largest absolute Gasteiger partial charge is 0.357 e. The summed E-state index contributed by atoms with van der Waals surface area (Å²) in [6.45, 7) is 7.07. The van der Waals surface area contributed by atoms with E-state index in [-0.39, 0.29) is 24.0 Å². The molecule has 1 aliphatic carbocycles. The second-order valence-corrected chi connectivity index (χ2v) is 7.35. The maximum Gasteiger partial charge on any atom is 0.191 e. The van der Waals surface area contributed by atoms with Crippen LogP contribution < -0.4 is 10.6 Å². The molecule has 5 heteroatoms. The Bertz CT molecular complexity index is 522. The summed E-state index contributed by atoms with van der Waals surface area (Å²) in [6.07, 6.45) is 5.15. The smallest absolute Gasteiger partial charge is 0.191 e. The van der Waals surface area contributed by atoms with Gasteiger partial charge >= 0.3 is 0 Å². The Morgan fingerprint density at radius 3 is 2.48 bits per heavy atom. The van der Waals surface area contributed by atoms with Gasteiger partial charge < -0.3 is 15.5 Å². The van der Waals surface area contributed by atoms with E-state index in [0.717, 1.165) is 31.5 Å². The van der Waals surface area contributed by atoms with E-state index >= 15 is 0 Å². The molecule has 1 fully saturated rings. The van der Waals surface area contributed by atoms with Crippen molar-refractivity contribution in [1.29, 1.82) is 0 Å². The lowest BCUT2D eigenvalue weighted by atomic mass is 9.87. The number of hydrogen-bond donors (Lipinski definition) is 2. The van der Waals surface area contributed by atoms with Crippen molar-refractivity contribution in [2.45, 2.75) is 58.7 Å². The maximum atomic E-state index is 4.80. The summed E-state index contributed by atoms with van der Waals surface area (Å²) in [6, 6.07) is 9.30.